The number of hydrogen-bond acceptors (Lipinski definition) is 3. The highest BCUT2D eigenvalue weighted by molar-refractivity contribution is 9.10. The molecule has 2 rings (SSSR count). The maximum absolute atomic E-state index is 14.1. The van der Waals surface area contributed by atoms with E-state index in [0.29, 0.717) is 18.5 Å². The lowest BCUT2D eigenvalue weighted by molar-refractivity contribution is -0.461. The van der Waals surface area contributed by atoms with Crippen LogP contribution in [-0.4, -0.2) is 67.9 Å². The lowest BCUT2D eigenvalue weighted by Gasteiger charge is -2.42. The molecule has 21 heteroatoms. The third-order valence-corrected chi connectivity index (χ3v) is 7.30. The van der Waals surface area contributed by atoms with Crippen molar-refractivity contribution >= 4 is 15.9 Å². The van der Waals surface area contributed by atoms with Gasteiger partial charge >= 0.3 is 47.6 Å². The number of benzene rings is 2. The van der Waals surface area contributed by atoms with Crippen molar-refractivity contribution in [3.63, 3.8) is 0 Å². The molecule has 2 aromatic carbocycles. The Balaban J connectivity index is 2.08. The van der Waals surface area contributed by atoms with E-state index < -0.39 is 67.1 Å². The summed E-state index contributed by atoms with van der Waals surface area (Å²) in [4.78, 5) is 0. The van der Waals surface area contributed by atoms with Crippen LogP contribution < -0.4 is 14.8 Å². The van der Waals surface area contributed by atoms with Crippen LogP contribution in [0.2, 0.25) is 0 Å². The Bertz CT molecular complexity index is 1370. The molecule has 2 aromatic rings. The van der Waals surface area contributed by atoms with Crippen molar-refractivity contribution in [3.8, 4) is 11.5 Å². The topological polar surface area (TPSA) is 30.5 Å². The highest BCUT2D eigenvalue weighted by atomic mass is 79.9. The average Bonchev–Trinajstić information content (AvgIpc) is 2.97. The smallest absolute Gasteiger partial charge is 0.460 e. The number of rotatable bonds is 17. The van der Waals surface area contributed by atoms with Gasteiger partial charge in [-0.3, -0.25) is 0 Å². The lowest BCUT2D eigenvalue weighted by atomic mass is 9.88. The van der Waals surface area contributed by atoms with Crippen LogP contribution >= 0.6 is 15.9 Å². The molecule has 0 bridgehead atoms. The molecule has 0 unspecified atom stereocenters. The Labute approximate surface area is 268 Å². The van der Waals surface area contributed by atoms with E-state index in [-0.39, 0.29) is 18.0 Å². The van der Waals surface area contributed by atoms with Gasteiger partial charge in [-0.25, -0.2) is 0 Å². The van der Waals surface area contributed by atoms with Crippen LogP contribution in [-0.2, 0) is 13.0 Å². The van der Waals surface area contributed by atoms with Gasteiger partial charge < -0.3 is 14.8 Å². The molecule has 0 fully saturated rings. The van der Waals surface area contributed by atoms with E-state index in [4.69, 9.17) is 9.47 Å². The third-order valence-electron chi connectivity index (χ3n) is 6.77. The van der Waals surface area contributed by atoms with Gasteiger partial charge in [0.1, 0.15) is 11.5 Å². The molecule has 0 spiro atoms. The van der Waals surface area contributed by atoms with E-state index in [9.17, 15) is 74.6 Å². The zero-order chi connectivity index (χ0) is 37.2. The van der Waals surface area contributed by atoms with Crippen molar-refractivity contribution in [3.05, 3.63) is 58.1 Å². The van der Waals surface area contributed by atoms with E-state index in [0.717, 1.165) is 10.0 Å². The van der Waals surface area contributed by atoms with Crippen molar-refractivity contribution in [2.45, 2.75) is 73.4 Å². The van der Waals surface area contributed by atoms with Gasteiger partial charge in [-0.1, -0.05) is 34.1 Å². The third kappa shape index (κ3) is 7.70. The highest BCUT2D eigenvalue weighted by Crippen LogP contribution is 2.64. The van der Waals surface area contributed by atoms with Crippen LogP contribution in [0.25, 0.3) is 0 Å². The van der Waals surface area contributed by atoms with Crippen molar-refractivity contribution < 1.29 is 84.1 Å². The van der Waals surface area contributed by atoms with Gasteiger partial charge in [-0.15, -0.1) is 0 Å². The number of hydrogen-bond donors (Lipinski definition) is 1. The van der Waals surface area contributed by atoms with Gasteiger partial charge in [0.2, 0.25) is 0 Å². The van der Waals surface area contributed by atoms with Crippen LogP contribution in [0.3, 0.4) is 0 Å². The fourth-order valence-corrected chi connectivity index (χ4v) is 4.17. The normalized spacial score (nSPS) is 14.3. The molecule has 0 aromatic heterocycles. The molecule has 0 amide bonds. The van der Waals surface area contributed by atoms with Crippen LogP contribution in [0.1, 0.15) is 24.0 Å². The van der Waals surface area contributed by atoms with E-state index in [1.54, 1.807) is 0 Å². The van der Waals surface area contributed by atoms with Gasteiger partial charge in [0.25, 0.3) is 0 Å². The minimum atomic E-state index is -8.65. The molecule has 0 saturated heterocycles. The van der Waals surface area contributed by atoms with E-state index in [1.807, 2.05) is 24.3 Å². The average molecular weight is 796 g/mol. The van der Waals surface area contributed by atoms with E-state index >= 15 is 0 Å². The minimum absolute atomic E-state index is 0.163. The zero-order valence-electron chi connectivity index (χ0n) is 23.9. The molecule has 48 heavy (non-hydrogen) atoms. The van der Waals surface area contributed by atoms with Crippen molar-refractivity contribution in [1.29, 1.82) is 0 Å². The molecular formula is C27H23BrF17NO2. The lowest BCUT2D eigenvalue weighted by Crippen LogP contribution is -2.74. The Morgan fingerprint density at radius 2 is 1.15 bits per heavy atom. The van der Waals surface area contributed by atoms with Crippen LogP contribution in [0.4, 0.5) is 74.6 Å². The second kappa shape index (κ2) is 14.3. The fraction of sp³-hybridized carbons (Fsp3) is 0.556. The Morgan fingerprint density at radius 3 is 1.65 bits per heavy atom. The van der Waals surface area contributed by atoms with Crippen LogP contribution in [0, 0.1) is 0 Å². The predicted octanol–water partition coefficient (Wildman–Crippen LogP) is 9.96. The summed E-state index contributed by atoms with van der Waals surface area (Å²) in [5, 5.41) is 3.12. The maximum Gasteiger partial charge on any atom is 0.460 e. The number of ether oxygens (including phenoxy) is 2. The molecule has 1 N–H and O–H groups in total. The molecule has 0 radical (unpaired) electrons. The van der Waals surface area contributed by atoms with Gasteiger partial charge in [-0.2, -0.15) is 74.6 Å². The van der Waals surface area contributed by atoms with Gasteiger partial charge in [0.15, 0.2) is 0 Å². The second-order valence-corrected chi connectivity index (χ2v) is 11.0. The molecular weight excluding hydrogens is 773 g/mol. The summed E-state index contributed by atoms with van der Waals surface area (Å²) in [6.45, 7) is -0.278. The minimum Gasteiger partial charge on any atom is -0.496 e. The summed E-state index contributed by atoms with van der Waals surface area (Å²) in [6.07, 6.45) is -11.1. The Kier molecular flexibility index (Phi) is 12.3. The molecule has 3 nitrogen and oxygen atoms in total. The van der Waals surface area contributed by atoms with Crippen molar-refractivity contribution in [2.75, 3.05) is 20.3 Å². The van der Waals surface area contributed by atoms with Crippen LogP contribution in [0.5, 0.6) is 11.5 Å². The molecule has 0 saturated carbocycles. The van der Waals surface area contributed by atoms with Gasteiger partial charge in [0.05, 0.1) is 13.7 Å². The molecule has 0 aliphatic rings. The van der Waals surface area contributed by atoms with Crippen molar-refractivity contribution in [1.82, 2.24) is 5.32 Å². The van der Waals surface area contributed by atoms with Gasteiger partial charge in [-0.05, 0) is 43.1 Å². The standard InChI is InChI=1S/C27H23BrF17NO2/c1-47-19-13-18(8-5-16(19)14-46-11-9-15-3-6-17(28)7-4-15)48-12-2-10-20(29,30)21(31,32)22(33,34)23(35,36)24(37,38)25(39,40)26(41,42)27(43,44)45/h3-8,13,46H,2,9-12,14H2,1H3. The molecule has 0 aliphatic carbocycles. The number of methoxy groups -OCH3 is 1. The first-order valence-electron chi connectivity index (χ1n) is 13.1. The van der Waals surface area contributed by atoms with Crippen LogP contribution in [0.15, 0.2) is 46.9 Å². The fourth-order valence-electron chi connectivity index (χ4n) is 3.91. The van der Waals surface area contributed by atoms with E-state index in [1.165, 1.54) is 25.3 Å². The second-order valence-electron chi connectivity index (χ2n) is 10.1. The summed E-state index contributed by atoms with van der Waals surface area (Å²) in [5.41, 5.74) is 1.57. The number of nitrogens with one attached hydrogen (secondary N) is 1. The first-order valence-corrected chi connectivity index (χ1v) is 13.9. The van der Waals surface area contributed by atoms with E-state index in [2.05, 4.69) is 21.2 Å². The molecule has 0 heterocycles. The zero-order valence-corrected chi connectivity index (χ0v) is 25.5. The molecule has 0 aliphatic heterocycles. The monoisotopic (exact) mass is 795 g/mol. The number of halogens is 18. The Morgan fingerprint density at radius 1 is 0.646 bits per heavy atom. The Hall–Kier alpha value is -2.71. The first kappa shape index (κ1) is 41.5. The van der Waals surface area contributed by atoms with Crippen molar-refractivity contribution in [2.24, 2.45) is 0 Å². The first-order chi connectivity index (χ1) is 21.6. The summed E-state index contributed by atoms with van der Waals surface area (Å²) < 4.78 is 239. The summed E-state index contributed by atoms with van der Waals surface area (Å²) >= 11 is 3.30. The highest BCUT2D eigenvalue weighted by Gasteiger charge is 2.95. The molecule has 274 valence electrons. The summed E-state index contributed by atoms with van der Waals surface area (Å²) in [5.74, 6) is -56.4. The predicted molar refractivity (Wildman–Crippen MR) is 138 cm³/mol. The summed E-state index contributed by atoms with van der Waals surface area (Å²) in [6, 6.07) is 11.3. The maximum atomic E-state index is 14.1. The molecule has 0 atom stereocenters. The number of alkyl halides is 17. The SMILES string of the molecule is COc1cc(OCCCC(F)(F)C(F)(F)C(F)(F)C(F)(F)C(F)(F)C(F)(F)C(F)(F)C(F)(F)F)ccc1CNCCc1ccc(Br)cc1. The quantitative estimate of drug-likeness (QED) is 0.128. The summed E-state index contributed by atoms with van der Waals surface area (Å²) in [7, 11) is 1.23. The van der Waals surface area contributed by atoms with Gasteiger partial charge in [0, 0.05) is 29.1 Å². The largest absolute Gasteiger partial charge is 0.496 e.